The summed E-state index contributed by atoms with van der Waals surface area (Å²) in [7, 11) is 0. The second kappa shape index (κ2) is 9.13. The van der Waals surface area contributed by atoms with Crippen molar-refractivity contribution in [2.45, 2.75) is 18.6 Å². The number of hydrogen-bond acceptors (Lipinski definition) is 2. The molecule has 22 heavy (non-hydrogen) atoms. The molecular formula is C13H17Cl3F4N2. The third-order valence-electron chi connectivity index (χ3n) is 3.36. The van der Waals surface area contributed by atoms with Gasteiger partial charge in [0.1, 0.15) is 5.82 Å². The molecule has 1 aromatic rings. The van der Waals surface area contributed by atoms with Crippen molar-refractivity contribution in [1.29, 1.82) is 0 Å². The topological polar surface area (TPSA) is 15.3 Å². The van der Waals surface area contributed by atoms with Gasteiger partial charge in [0.05, 0.1) is 11.4 Å². The Kier molecular flexibility index (Phi) is 9.02. The quantitative estimate of drug-likeness (QED) is 0.786. The smallest absolute Gasteiger partial charge is 0.314 e. The van der Waals surface area contributed by atoms with Crippen molar-refractivity contribution >= 4 is 36.4 Å². The van der Waals surface area contributed by atoms with Gasteiger partial charge in [-0.1, -0.05) is 23.7 Å². The zero-order valence-corrected chi connectivity index (χ0v) is 13.9. The van der Waals surface area contributed by atoms with E-state index in [-0.39, 0.29) is 35.4 Å². The average Bonchev–Trinajstić information content (AvgIpc) is 2.40. The van der Waals surface area contributed by atoms with Gasteiger partial charge in [0.15, 0.2) is 0 Å². The third-order valence-corrected chi connectivity index (χ3v) is 3.65. The second-order valence-electron chi connectivity index (χ2n) is 4.76. The summed E-state index contributed by atoms with van der Waals surface area (Å²) in [4.78, 5) is 1.65. The van der Waals surface area contributed by atoms with E-state index in [0.29, 0.717) is 26.2 Å². The van der Waals surface area contributed by atoms with E-state index in [0.717, 1.165) is 0 Å². The molecule has 0 bridgehead atoms. The van der Waals surface area contributed by atoms with E-state index >= 15 is 0 Å². The minimum absolute atomic E-state index is 0. The molecule has 128 valence electrons. The number of piperazine rings is 1. The SMILES string of the molecule is Cl.Cl.Fc1c(Cl)cccc1[C@@H](CC(F)(F)F)N1CCNCC1. The molecule has 2 rings (SSSR count). The monoisotopic (exact) mass is 382 g/mol. The lowest BCUT2D eigenvalue weighted by Crippen LogP contribution is -2.46. The van der Waals surface area contributed by atoms with Crippen molar-refractivity contribution in [2.75, 3.05) is 26.2 Å². The predicted molar refractivity (Wildman–Crippen MR) is 83.8 cm³/mol. The first-order valence-electron chi connectivity index (χ1n) is 6.34. The molecule has 1 aromatic carbocycles. The van der Waals surface area contributed by atoms with Crippen LogP contribution < -0.4 is 5.32 Å². The van der Waals surface area contributed by atoms with Crippen LogP contribution in [0, 0.1) is 5.82 Å². The minimum Gasteiger partial charge on any atom is -0.314 e. The highest BCUT2D eigenvalue weighted by atomic mass is 35.5. The molecule has 1 heterocycles. The summed E-state index contributed by atoms with van der Waals surface area (Å²) < 4.78 is 52.4. The average molecular weight is 384 g/mol. The van der Waals surface area contributed by atoms with Crippen molar-refractivity contribution in [3.63, 3.8) is 0 Å². The molecule has 1 N–H and O–H groups in total. The molecule has 1 fully saturated rings. The van der Waals surface area contributed by atoms with Gasteiger partial charge in [0.25, 0.3) is 0 Å². The maximum absolute atomic E-state index is 14.0. The fraction of sp³-hybridized carbons (Fsp3) is 0.538. The van der Waals surface area contributed by atoms with Crippen LogP contribution in [0.3, 0.4) is 0 Å². The van der Waals surface area contributed by atoms with Gasteiger partial charge in [0, 0.05) is 37.8 Å². The number of nitrogens with zero attached hydrogens (tertiary/aromatic N) is 1. The molecule has 1 saturated heterocycles. The Morgan fingerprint density at radius 1 is 1.18 bits per heavy atom. The van der Waals surface area contributed by atoms with Crippen LogP contribution in [0.5, 0.6) is 0 Å². The molecule has 2 nitrogen and oxygen atoms in total. The first kappa shape index (κ1) is 21.7. The minimum atomic E-state index is -4.36. The van der Waals surface area contributed by atoms with Crippen LogP contribution in [0.2, 0.25) is 5.02 Å². The Morgan fingerprint density at radius 2 is 1.77 bits per heavy atom. The predicted octanol–water partition coefficient (Wildman–Crippen LogP) is 4.22. The van der Waals surface area contributed by atoms with Crippen molar-refractivity contribution in [1.82, 2.24) is 10.2 Å². The Labute approximate surface area is 144 Å². The molecular weight excluding hydrogens is 367 g/mol. The lowest BCUT2D eigenvalue weighted by molar-refractivity contribution is -0.149. The first-order valence-corrected chi connectivity index (χ1v) is 6.72. The van der Waals surface area contributed by atoms with Crippen LogP contribution in [0.25, 0.3) is 0 Å². The molecule has 1 atom stereocenters. The van der Waals surface area contributed by atoms with E-state index in [2.05, 4.69) is 5.32 Å². The van der Waals surface area contributed by atoms with Gasteiger partial charge in [0.2, 0.25) is 0 Å². The summed E-state index contributed by atoms with van der Waals surface area (Å²) in [5.41, 5.74) is 0.0109. The number of benzene rings is 1. The first-order chi connectivity index (χ1) is 9.38. The maximum atomic E-state index is 14.0. The van der Waals surface area contributed by atoms with E-state index in [1.165, 1.54) is 18.2 Å². The van der Waals surface area contributed by atoms with Crippen LogP contribution in [-0.2, 0) is 0 Å². The molecule has 0 aliphatic carbocycles. The lowest BCUT2D eigenvalue weighted by atomic mass is 10.00. The molecule has 0 amide bonds. The van der Waals surface area contributed by atoms with Gasteiger partial charge in [-0.2, -0.15) is 13.2 Å². The van der Waals surface area contributed by atoms with Gasteiger partial charge in [-0.15, -0.1) is 24.8 Å². The Balaban J connectivity index is 0.00000220. The summed E-state index contributed by atoms with van der Waals surface area (Å²) in [6.07, 6.45) is -5.44. The van der Waals surface area contributed by atoms with Gasteiger partial charge in [-0.3, -0.25) is 4.90 Å². The molecule has 0 spiro atoms. The summed E-state index contributed by atoms with van der Waals surface area (Å²) in [6, 6.07) is 3.16. The molecule has 0 unspecified atom stereocenters. The summed E-state index contributed by atoms with van der Waals surface area (Å²) in [6.45, 7) is 2.09. The molecule has 0 aromatic heterocycles. The highest BCUT2D eigenvalue weighted by molar-refractivity contribution is 6.30. The van der Waals surface area contributed by atoms with Crippen molar-refractivity contribution in [2.24, 2.45) is 0 Å². The number of alkyl halides is 3. The van der Waals surface area contributed by atoms with Crippen LogP contribution in [-0.4, -0.2) is 37.3 Å². The highest BCUT2D eigenvalue weighted by Crippen LogP contribution is 2.36. The number of nitrogens with one attached hydrogen (secondary N) is 1. The number of halogens is 7. The lowest BCUT2D eigenvalue weighted by Gasteiger charge is -2.35. The van der Waals surface area contributed by atoms with E-state index in [4.69, 9.17) is 11.6 Å². The normalized spacial score (nSPS) is 17.3. The molecule has 1 aliphatic heterocycles. The van der Waals surface area contributed by atoms with Gasteiger partial charge in [-0.05, 0) is 6.07 Å². The standard InChI is InChI=1S/C13H15ClF4N2.2ClH/c14-10-3-1-2-9(12(10)15)11(8-13(16,17)18)20-6-4-19-5-7-20;;/h1-3,11,19H,4-8H2;2*1H/t11-;;/m1../s1. The zero-order valence-electron chi connectivity index (χ0n) is 11.5. The molecule has 1 aliphatic rings. The Morgan fingerprint density at radius 3 is 2.32 bits per heavy atom. The van der Waals surface area contributed by atoms with E-state index in [1.807, 2.05) is 0 Å². The highest BCUT2D eigenvalue weighted by Gasteiger charge is 2.37. The molecule has 0 radical (unpaired) electrons. The number of rotatable bonds is 3. The summed E-state index contributed by atoms with van der Waals surface area (Å²) in [5, 5.41) is 2.92. The molecule has 9 heteroatoms. The van der Waals surface area contributed by atoms with Gasteiger partial charge < -0.3 is 5.32 Å². The van der Waals surface area contributed by atoms with Crippen molar-refractivity contribution < 1.29 is 17.6 Å². The summed E-state index contributed by atoms with van der Waals surface area (Å²) >= 11 is 5.68. The summed E-state index contributed by atoms with van der Waals surface area (Å²) in [5.74, 6) is -0.762. The van der Waals surface area contributed by atoms with Gasteiger partial charge in [-0.25, -0.2) is 4.39 Å². The van der Waals surface area contributed by atoms with Gasteiger partial charge >= 0.3 is 6.18 Å². The fourth-order valence-corrected chi connectivity index (χ4v) is 2.61. The Bertz CT molecular complexity index is 465. The largest absolute Gasteiger partial charge is 0.390 e. The van der Waals surface area contributed by atoms with Crippen LogP contribution in [0.15, 0.2) is 18.2 Å². The van der Waals surface area contributed by atoms with Crippen molar-refractivity contribution in [3.05, 3.63) is 34.6 Å². The van der Waals surface area contributed by atoms with Crippen LogP contribution in [0.1, 0.15) is 18.0 Å². The van der Waals surface area contributed by atoms with Crippen LogP contribution >= 0.6 is 36.4 Å². The molecule has 0 saturated carbocycles. The second-order valence-corrected chi connectivity index (χ2v) is 5.17. The third kappa shape index (κ3) is 5.74. The number of hydrogen-bond donors (Lipinski definition) is 1. The van der Waals surface area contributed by atoms with E-state index < -0.39 is 24.5 Å². The van der Waals surface area contributed by atoms with E-state index in [9.17, 15) is 17.6 Å². The van der Waals surface area contributed by atoms with Crippen LogP contribution in [0.4, 0.5) is 17.6 Å². The zero-order chi connectivity index (χ0) is 14.8. The fourth-order valence-electron chi connectivity index (χ4n) is 2.43. The Hall–Kier alpha value is -0.270. The maximum Gasteiger partial charge on any atom is 0.390 e. The van der Waals surface area contributed by atoms with E-state index in [1.54, 1.807) is 4.90 Å². The van der Waals surface area contributed by atoms with Crippen molar-refractivity contribution in [3.8, 4) is 0 Å².